The first-order valence-corrected chi connectivity index (χ1v) is 8.88. The van der Waals surface area contributed by atoms with Crippen LogP contribution >= 0.6 is 0 Å². The summed E-state index contributed by atoms with van der Waals surface area (Å²) in [5.41, 5.74) is 3.77. The van der Waals surface area contributed by atoms with Crippen molar-refractivity contribution in [2.75, 3.05) is 6.61 Å². The lowest BCUT2D eigenvalue weighted by molar-refractivity contribution is 0.103. The molecular weight excluding hydrogens is 338 g/mol. The van der Waals surface area contributed by atoms with Gasteiger partial charge < -0.3 is 9.30 Å². The molecular formula is C22H19N3O2. The van der Waals surface area contributed by atoms with Crippen LogP contribution in [0, 0.1) is 0 Å². The average molecular weight is 357 g/mol. The lowest BCUT2D eigenvalue weighted by atomic mass is 10.1. The van der Waals surface area contributed by atoms with Crippen LogP contribution in [0.15, 0.2) is 73.1 Å². The Morgan fingerprint density at radius 3 is 2.56 bits per heavy atom. The molecule has 0 N–H and O–H groups in total. The van der Waals surface area contributed by atoms with Crippen LogP contribution in [0.2, 0.25) is 0 Å². The Labute approximate surface area is 157 Å². The van der Waals surface area contributed by atoms with Crippen LogP contribution in [0.3, 0.4) is 0 Å². The number of carbonyl (C=O) groups is 1. The van der Waals surface area contributed by atoms with Gasteiger partial charge in [0.2, 0.25) is 5.78 Å². The maximum Gasteiger partial charge on any atom is 0.209 e. The van der Waals surface area contributed by atoms with E-state index in [4.69, 9.17) is 4.74 Å². The highest BCUT2D eigenvalue weighted by Gasteiger charge is 2.14. The number of benzene rings is 2. The predicted octanol–water partition coefficient (Wildman–Crippen LogP) is 4.11. The number of fused-ring (bicyclic) bond motifs is 1. The largest absolute Gasteiger partial charge is 0.494 e. The molecule has 0 amide bonds. The highest BCUT2D eigenvalue weighted by molar-refractivity contribution is 6.08. The van der Waals surface area contributed by atoms with E-state index >= 15 is 0 Å². The minimum atomic E-state index is -0.0307. The third-order valence-corrected chi connectivity index (χ3v) is 4.32. The zero-order valence-corrected chi connectivity index (χ0v) is 15.0. The Morgan fingerprint density at radius 1 is 1.00 bits per heavy atom. The Hall–Kier alpha value is -3.47. The van der Waals surface area contributed by atoms with E-state index in [9.17, 15) is 4.79 Å². The van der Waals surface area contributed by atoms with E-state index in [0.29, 0.717) is 24.4 Å². The fourth-order valence-electron chi connectivity index (χ4n) is 3.02. The van der Waals surface area contributed by atoms with Crippen molar-refractivity contribution >= 4 is 16.8 Å². The van der Waals surface area contributed by atoms with Gasteiger partial charge >= 0.3 is 0 Å². The van der Waals surface area contributed by atoms with Crippen LogP contribution in [-0.4, -0.2) is 26.9 Å². The fourth-order valence-corrected chi connectivity index (χ4v) is 3.02. The van der Waals surface area contributed by atoms with Gasteiger partial charge in [0.25, 0.3) is 0 Å². The van der Waals surface area contributed by atoms with Crippen molar-refractivity contribution in [2.45, 2.75) is 13.5 Å². The first kappa shape index (κ1) is 17.0. The van der Waals surface area contributed by atoms with Crippen LogP contribution in [0.25, 0.3) is 11.0 Å². The van der Waals surface area contributed by atoms with Gasteiger partial charge in [-0.2, -0.15) is 0 Å². The second-order valence-corrected chi connectivity index (χ2v) is 6.16. The molecule has 4 rings (SSSR count). The lowest BCUT2D eigenvalue weighted by Crippen LogP contribution is -2.11. The van der Waals surface area contributed by atoms with Gasteiger partial charge in [0, 0.05) is 11.8 Å². The summed E-state index contributed by atoms with van der Waals surface area (Å²) in [6.45, 7) is 3.02. The molecule has 0 saturated carbocycles. The molecule has 2 heterocycles. The molecule has 0 aliphatic carbocycles. The molecule has 0 aliphatic rings. The van der Waals surface area contributed by atoms with Crippen LogP contribution < -0.4 is 4.74 Å². The first-order valence-electron chi connectivity index (χ1n) is 8.88. The van der Waals surface area contributed by atoms with Gasteiger partial charge in [0.15, 0.2) is 0 Å². The van der Waals surface area contributed by atoms with Crippen LogP contribution in [0.4, 0.5) is 0 Å². The van der Waals surface area contributed by atoms with Gasteiger partial charge in [-0.15, -0.1) is 0 Å². The van der Waals surface area contributed by atoms with Crippen LogP contribution in [0.1, 0.15) is 28.7 Å². The molecule has 0 saturated heterocycles. The van der Waals surface area contributed by atoms with E-state index in [0.717, 1.165) is 22.5 Å². The number of nitrogens with zero attached hydrogens (tertiary/aromatic N) is 3. The van der Waals surface area contributed by atoms with E-state index in [2.05, 4.69) is 9.97 Å². The monoisotopic (exact) mass is 357 g/mol. The molecule has 0 fully saturated rings. The third-order valence-electron chi connectivity index (χ3n) is 4.32. The lowest BCUT2D eigenvalue weighted by Gasteiger charge is -2.09. The molecule has 0 spiro atoms. The van der Waals surface area contributed by atoms with Crippen molar-refractivity contribution in [1.82, 2.24) is 14.5 Å². The van der Waals surface area contributed by atoms with Gasteiger partial charge in [-0.1, -0.05) is 12.1 Å². The third kappa shape index (κ3) is 3.58. The van der Waals surface area contributed by atoms with Crippen molar-refractivity contribution in [2.24, 2.45) is 0 Å². The summed E-state index contributed by atoms with van der Waals surface area (Å²) in [6.07, 6.45) is 3.64. The molecule has 4 aromatic rings. The summed E-state index contributed by atoms with van der Waals surface area (Å²) in [5, 5.41) is 0. The van der Waals surface area contributed by atoms with Crippen molar-refractivity contribution in [3.63, 3.8) is 0 Å². The highest BCUT2D eigenvalue weighted by Crippen LogP contribution is 2.17. The molecule has 134 valence electrons. The normalized spacial score (nSPS) is 10.9. The number of para-hydroxylation sites is 2. The molecule has 5 nitrogen and oxygen atoms in total. The smallest absolute Gasteiger partial charge is 0.209 e. The van der Waals surface area contributed by atoms with Gasteiger partial charge in [-0.05, 0) is 55.5 Å². The van der Waals surface area contributed by atoms with Crippen molar-refractivity contribution in [3.8, 4) is 5.75 Å². The van der Waals surface area contributed by atoms with E-state index < -0.39 is 0 Å². The van der Waals surface area contributed by atoms with Crippen molar-refractivity contribution in [1.29, 1.82) is 0 Å². The van der Waals surface area contributed by atoms with E-state index in [-0.39, 0.29) is 5.78 Å². The fraction of sp³-hybridized carbons (Fsp3) is 0.136. The second kappa shape index (κ2) is 7.41. The maximum absolute atomic E-state index is 12.9. The Kier molecular flexibility index (Phi) is 4.66. The van der Waals surface area contributed by atoms with Crippen molar-refractivity contribution < 1.29 is 9.53 Å². The van der Waals surface area contributed by atoms with Gasteiger partial charge in [0.05, 0.1) is 41.8 Å². The SMILES string of the molecule is CCOc1ccc(C(=O)c2cccn2Cc2cnc3ccccc3n2)cc1. The Bertz CT molecular complexity index is 1080. The number of ether oxygens (including phenoxy) is 1. The van der Waals surface area contributed by atoms with Crippen LogP contribution in [0.5, 0.6) is 5.75 Å². The summed E-state index contributed by atoms with van der Waals surface area (Å²) < 4.78 is 7.34. The number of ketones is 1. The minimum absolute atomic E-state index is 0.0307. The summed E-state index contributed by atoms with van der Waals surface area (Å²) in [6, 6.07) is 18.7. The zero-order chi connectivity index (χ0) is 18.6. The predicted molar refractivity (Wildman–Crippen MR) is 104 cm³/mol. The summed E-state index contributed by atoms with van der Waals surface area (Å²) in [7, 11) is 0. The van der Waals surface area contributed by atoms with E-state index in [1.165, 1.54) is 0 Å². The molecule has 0 bridgehead atoms. The number of rotatable bonds is 6. The quantitative estimate of drug-likeness (QED) is 0.487. The molecule has 5 heteroatoms. The first-order chi connectivity index (χ1) is 13.2. The Balaban J connectivity index is 1.58. The summed E-state index contributed by atoms with van der Waals surface area (Å²) in [5.74, 6) is 0.729. The standard InChI is InChI=1S/C22H19N3O2/c1-2-27-18-11-9-16(10-12-18)22(26)21-8-5-13-25(21)15-17-14-23-19-6-3-4-7-20(19)24-17/h3-14H,2,15H2,1H3. The molecule has 2 aromatic carbocycles. The number of carbonyl (C=O) groups excluding carboxylic acids is 1. The molecule has 0 radical (unpaired) electrons. The van der Waals surface area contributed by atoms with Gasteiger partial charge in [-0.25, -0.2) is 4.98 Å². The number of hydrogen-bond acceptors (Lipinski definition) is 4. The van der Waals surface area contributed by atoms with Crippen LogP contribution in [-0.2, 0) is 6.54 Å². The zero-order valence-electron chi connectivity index (χ0n) is 15.0. The molecule has 27 heavy (non-hydrogen) atoms. The molecule has 0 unspecified atom stereocenters. The number of aromatic nitrogens is 3. The molecule has 2 aromatic heterocycles. The topological polar surface area (TPSA) is 57.0 Å². The minimum Gasteiger partial charge on any atom is -0.494 e. The molecule has 0 aliphatic heterocycles. The van der Waals surface area contributed by atoms with Crippen molar-refractivity contribution in [3.05, 3.63) is 90.0 Å². The Morgan fingerprint density at radius 2 is 1.78 bits per heavy atom. The number of hydrogen-bond donors (Lipinski definition) is 0. The maximum atomic E-state index is 12.9. The second-order valence-electron chi connectivity index (χ2n) is 6.16. The molecule has 0 atom stereocenters. The van der Waals surface area contributed by atoms with Gasteiger partial charge in [0.1, 0.15) is 5.75 Å². The average Bonchev–Trinajstić information content (AvgIpc) is 3.16. The van der Waals surface area contributed by atoms with E-state index in [1.54, 1.807) is 18.3 Å². The van der Waals surface area contributed by atoms with Gasteiger partial charge in [-0.3, -0.25) is 9.78 Å². The highest BCUT2D eigenvalue weighted by atomic mass is 16.5. The van der Waals surface area contributed by atoms with E-state index in [1.807, 2.05) is 66.2 Å². The summed E-state index contributed by atoms with van der Waals surface area (Å²) in [4.78, 5) is 22.0. The summed E-state index contributed by atoms with van der Waals surface area (Å²) >= 11 is 0.